The summed E-state index contributed by atoms with van der Waals surface area (Å²) in [5, 5.41) is 10.4. The Kier molecular flexibility index (Phi) is 2.64. The van der Waals surface area contributed by atoms with E-state index in [1.807, 2.05) is 36.0 Å². The molecule has 2 heterocycles. The highest BCUT2D eigenvalue weighted by molar-refractivity contribution is 5.80. The molecule has 0 fully saturated rings. The highest BCUT2D eigenvalue weighted by Crippen LogP contribution is 2.19. The van der Waals surface area contributed by atoms with Crippen LogP contribution in [0.2, 0.25) is 0 Å². The number of fused-ring (bicyclic) bond motifs is 1. The summed E-state index contributed by atoms with van der Waals surface area (Å²) < 4.78 is 4.19. The van der Waals surface area contributed by atoms with Crippen LogP contribution in [0, 0.1) is 0 Å². The van der Waals surface area contributed by atoms with Crippen LogP contribution >= 0.6 is 0 Å². The van der Waals surface area contributed by atoms with E-state index in [0.717, 1.165) is 23.3 Å². The van der Waals surface area contributed by atoms with Gasteiger partial charge in [-0.3, -0.25) is 0 Å². The molecule has 3 aromatic rings. The van der Waals surface area contributed by atoms with Crippen LogP contribution in [-0.2, 0) is 20.2 Å². The minimum absolute atomic E-state index is 0.0762. The Hall–Kier alpha value is -2.07. The number of aliphatic hydroxyl groups excluding tert-OH is 1. The number of aromatic nitrogens is 3. The Labute approximate surface area is 105 Å². The van der Waals surface area contributed by atoms with Gasteiger partial charge in [0.05, 0.1) is 25.2 Å². The first kappa shape index (κ1) is 11.0. The smallest absolute Gasteiger partial charge is 0.0946 e. The quantitative estimate of drug-likeness (QED) is 0.761. The maximum absolute atomic E-state index is 9.20. The van der Waals surface area contributed by atoms with E-state index in [-0.39, 0.29) is 6.61 Å². The molecule has 0 bridgehead atoms. The standard InChI is InChI=1S/C14H15N3O/c1-16-10-15-7-13(16)8-17-5-4-12-3-2-11(9-18)6-14(12)17/h2-7,10,18H,8-9H2,1H3. The van der Waals surface area contributed by atoms with E-state index in [1.165, 1.54) is 5.39 Å². The summed E-state index contributed by atoms with van der Waals surface area (Å²) in [7, 11) is 1.99. The number of benzene rings is 1. The summed E-state index contributed by atoms with van der Waals surface area (Å²) >= 11 is 0. The molecule has 0 aliphatic carbocycles. The first-order chi connectivity index (χ1) is 8.78. The molecule has 2 aromatic heterocycles. The maximum Gasteiger partial charge on any atom is 0.0946 e. The molecule has 3 rings (SSSR count). The molecule has 0 aliphatic rings. The predicted molar refractivity (Wildman–Crippen MR) is 70.2 cm³/mol. The third-order valence-electron chi connectivity index (χ3n) is 3.27. The molecule has 0 saturated heterocycles. The van der Waals surface area contributed by atoms with Crippen LogP contribution < -0.4 is 0 Å². The molecule has 18 heavy (non-hydrogen) atoms. The van der Waals surface area contributed by atoms with E-state index in [1.54, 1.807) is 6.33 Å². The van der Waals surface area contributed by atoms with E-state index in [0.29, 0.717) is 0 Å². The summed E-state index contributed by atoms with van der Waals surface area (Å²) in [6.07, 6.45) is 5.75. The Bertz CT molecular complexity index is 681. The Balaban J connectivity index is 2.04. The number of imidazole rings is 1. The molecule has 0 spiro atoms. The molecule has 4 heteroatoms. The van der Waals surface area contributed by atoms with Crippen molar-refractivity contribution in [3.63, 3.8) is 0 Å². The lowest BCUT2D eigenvalue weighted by atomic mass is 10.2. The van der Waals surface area contributed by atoms with Crippen molar-refractivity contribution in [3.8, 4) is 0 Å². The predicted octanol–water partition coefficient (Wildman–Crippen LogP) is 1.92. The Morgan fingerprint density at radius 3 is 2.89 bits per heavy atom. The van der Waals surface area contributed by atoms with Crippen molar-refractivity contribution in [2.45, 2.75) is 13.2 Å². The van der Waals surface area contributed by atoms with Gasteiger partial charge in [-0.15, -0.1) is 0 Å². The SMILES string of the molecule is Cn1cncc1Cn1ccc2ccc(CO)cc21. The van der Waals surface area contributed by atoms with E-state index in [4.69, 9.17) is 0 Å². The summed E-state index contributed by atoms with van der Waals surface area (Å²) in [6, 6.07) is 8.12. The first-order valence-electron chi connectivity index (χ1n) is 5.92. The fourth-order valence-electron chi connectivity index (χ4n) is 2.18. The van der Waals surface area contributed by atoms with Crippen LogP contribution in [0.4, 0.5) is 0 Å². The van der Waals surface area contributed by atoms with Gasteiger partial charge in [0, 0.05) is 25.0 Å². The second-order valence-electron chi connectivity index (χ2n) is 4.49. The fraction of sp³-hybridized carbons (Fsp3) is 0.214. The zero-order valence-electron chi connectivity index (χ0n) is 10.2. The first-order valence-corrected chi connectivity index (χ1v) is 5.92. The molecule has 0 atom stereocenters. The second-order valence-corrected chi connectivity index (χ2v) is 4.49. The molecule has 0 saturated carbocycles. The molecule has 0 aliphatic heterocycles. The van der Waals surface area contributed by atoms with Gasteiger partial charge in [-0.25, -0.2) is 4.98 Å². The van der Waals surface area contributed by atoms with E-state index in [9.17, 15) is 5.11 Å². The van der Waals surface area contributed by atoms with Gasteiger partial charge in [-0.1, -0.05) is 12.1 Å². The number of rotatable bonds is 3. The van der Waals surface area contributed by atoms with Crippen molar-refractivity contribution in [1.82, 2.24) is 14.1 Å². The Morgan fingerprint density at radius 1 is 1.28 bits per heavy atom. The highest BCUT2D eigenvalue weighted by atomic mass is 16.3. The van der Waals surface area contributed by atoms with E-state index < -0.39 is 0 Å². The maximum atomic E-state index is 9.20. The van der Waals surface area contributed by atoms with Gasteiger partial charge in [0.15, 0.2) is 0 Å². The highest BCUT2D eigenvalue weighted by Gasteiger charge is 2.05. The normalized spacial score (nSPS) is 11.2. The van der Waals surface area contributed by atoms with Crippen LogP contribution in [-0.4, -0.2) is 19.2 Å². The van der Waals surface area contributed by atoms with Gasteiger partial charge >= 0.3 is 0 Å². The van der Waals surface area contributed by atoms with Gasteiger partial charge in [-0.2, -0.15) is 0 Å². The van der Waals surface area contributed by atoms with E-state index >= 15 is 0 Å². The molecular weight excluding hydrogens is 226 g/mol. The van der Waals surface area contributed by atoms with Crippen molar-refractivity contribution in [2.75, 3.05) is 0 Å². The lowest BCUT2D eigenvalue weighted by Crippen LogP contribution is -2.03. The monoisotopic (exact) mass is 241 g/mol. The molecule has 4 nitrogen and oxygen atoms in total. The second kappa shape index (κ2) is 4.31. The van der Waals surface area contributed by atoms with Crippen LogP contribution in [0.25, 0.3) is 10.9 Å². The third kappa shape index (κ3) is 1.80. The lowest BCUT2D eigenvalue weighted by molar-refractivity contribution is 0.282. The van der Waals surface area contributed by atoms with Gasteiger partial charge < -0.3 is 14.2 Å². The molecule has 0 radical (unpaired) electrons. The van der Waals surface area contributed by atoms with Gasteiger partial charge in [0.2, 0.25) is 0 Å². The average Bonchev–Trinajstić information content (AvgIpc) is 2.97. The van der Waals surface area contributed by atoms with E-state index in [2.05, 4.69) is 21.8 Å². The lowest BCUT2D eigenvalue weighted by Gasteiger charge is -2.07. The van der Waals surface area contributed by atoms with Crippen LogP contribution in [0.1, 0.15) is 11.3 Å². The number of hydrogen-bond acceptors (Lipinski definition) is 2. The van der Waals surface area contributed by atoms with Crippen molar-refractivity contribution < 1.29 is 5.11 Å². The minimum atomic E-state index is 0.0762. The number of hydrogen-bond donors (Lipinski definition) is 1. The minimum Gasteiger partial charge on any atom is -0.392 e. The van der Waals surface area contributed by atoms with Gasteiger partial charge in [0.1, 0.15) is 0 Å². The molecule has 0 amide bonds. The molecule has 1 N–H and O–H groups in total. The molecular formula is C14H15N3O. The van der Waals surface area contributed by atoms with Crippen molar-refractivity contribution in [2.24, 2.45) is 7.05 Å². The number of aryl methyl sites for hydroxylation is 1. The van der Waals surface area contributed by atoms with Crippen LogP contribution in [0.3, 0.4) is 0 Å². The van der Waals surface area contributed by atoms with Gasteiger partial charge in [-0.05, 0) is 23.1 Å². The van der Waals surface area contributed by atoms with Crippen molar-refractivity contribution >= 4 is 10.9 Å². The zero-order valence-corrected chi connectivity index (χ0v) is 10.2. The summed E-state index contributed by atoms with van der Waals surface area (Å²) in [5.41, 5.74) is 3.23. The van der Waals surface area contributed by atoms with Crippen molar-refractivity contribution in [1.29, 1.82) is 0 Å². The van der Waals surface area contributed by atoms with Crippen molar-refractivity contribution in [3.05, 3.63) is 54.2 Å². The fourth-order valence-corrected chi connectivity index (χ4v) is 2.18. The molecule has 0 unspecified atom stereocenters. The summed E-state index contributed by atoms with van der Waals surface area (Å²) in [6.45, 7) is 0.863. The number of nitrogens with zero attached hydrogens (tertiary/aromatic N) is 3. The van der Waals surface area contributed by atoms with Crippen LogP contribution in [0.5, 0.6) is 0 Å². The average molecular weight is 241 g/mol. The van der Waals surface area contributed by atoms with Gasteiger partial charge in [0.25, 0.3) is 0 Å². The number of aliphatic hydroxyl groups is 1. The summed E-state index contributed by atoms with van der Waals surface area (Å²) in [5.74, 6) is 0. The topological polar surface area (TPSA) is 43.0 Å². The Morgan fingerprint density at radius 2 is 2.17 bits per heavy atom. The molecule has 1 aromatic carbocycles. The molecule has 92 valence electrons. The largest absolute Gasteiger partial charge is 0.392 e. The summed E-state index contributed by atoms with van der Waals surface area (Å²) in [4.78, 5) is 4.13. The van der Waals surface area contributed by atoms with Crippen LogP contribution in [0.15, 0.2) is 43.0 Å². The zero-order chi connectivity index (χ0) is 12.5. The third-order valence-corrected chi connectivity index (χ3v) is 3.27.